The van der Waals surface area contributed by atoms with Crippen LogP contribution in [-0.4, -0.2) is 18.0 Å². The SMILES string of the molecule is CCCC1CCN(c2ccc(C#N)c([N+](=O)[O-])c2)C1. The van der Waals surface area contributed by atoms with Gasteiger partial charge in [0.2, 0.25) is 0 Å². The van der Waals surface area contributed by atoms with Gasteiger partial charge in [-0.05, 0) is 30.9 Å². The lowest BCUT2D eigenvalue weighted by Gasteiger charge is -2.18. The second kappa shape index (κ2) is 5.70. The highest BCUT2D eigenvalue weighted by molar-refractivity contribution is 5.60. The molecule has 1 heterocycles. The van der Waals surface area contributed by atoms with E-state index in [1.165, 1.54) is 18.9 Å². The van der Waals surface area contributed by atoms with Crippen LogP contribution in [0.15, 0.2) is 18.2 Å². The molecule has 2 rings (SSSR count). The zero-order valence-electron chi connectivity index (χ0n) is 11.0. The molecule has 5 nitrogen and oxygen atoms in total. The van der Waals surface area contributed by atoms with E-state index in [4.69, 9.17) is 5.26 Å². The maximum atomic E-state index is 11.0. The number of hydrogen-bond acceptors (Lipinski definition) is 4. The van der Waals surface area contributed by atoms with Crippen molar-refractivity contribution in [3.05, 3.63) is 33.9 Å². The van der Waals surface area contributed by atoms with Crippen LogP contribution in [0.25, 0.3) is 0 Å². The Morgan fingerprint density at radius 2 is 2.37 bits per heavy atom. The van der Waals surface area contributed by atoms with Crippen LogP contribution >= 0.6 is 0 Å². The lowest BCUT2D eigenvalue weighted by Crippen LogP contribution is -2.19. The topological polar surface area (TPSA) is 70.2 Å². The van der Waals surface area contributed by atoms with Crippen LogP contribution in [0.5, 0.6) is 0 Å². The van der Waals surface area contributed by atoms with Crippen LogP contribution in [0.3, 0.4) is 0 Å². The summed E-state index contributed by atoms with van der Waals surface area (Å²) in [6.07, 6.45) is 3.52. The molecule has 0 amide bonds. The van der Waals surface area contributed by atoms with Gasteiger partial charge in [-0.15, -0.1) is 0 Å². The first-order valence-corrected chi connectivity index (χ1v) is 6.59. The third-order valence-electron chi connectivity index (χ3n) is 3.65. The number of hydrogen-bond donors (Lipinski definition) is 0. The molecule has 0 saturated carbocycles. The minimum Gasteiger partial charge on any atom is -0.371 e. The first-order chi connectivity index (χ1) is 9.15. The molecule has 0 bridgehead atoms. The van der Waals surface area contributed by atoms with Crippen LogP contribution in [0.1, 0.15) is 31.7 Å². The summed E-state index contributed by atoms with van der Waals surface area (Å²) in [7, 11) is 0. The summed E-state index contributed by atoms with van der Waals surface area (Å²) in [5.74, 6) is 0.680. The number of nitro groups is 1. The normalized spacial score (nSPS) is 18.3. The minimum absolute atomic E-state index is 0.0982. The summed E-state index contributed by atoms with van der Waals surface area (Å²) >= 11 is 0. The zero-order valence-corrected chi connectivity index (χ0v) is 11.0. The van der Waals surface area contributed by atoms with Crippen LogP contribution < -0.4 is 4.90 Å². The molecular weight excluding hydrogens is 242 g/mol. The second-order valence-corrected chi connectivity index (χ2v) is 4.96. The van der Waals surface area contributed by atoms with Crippen molar-refractivity contribution in [2.45, 2.75) is 26.2 Å². The van der Waals surface area contributed by atoms with Crippen molar-refractivity contribution in [3.63, 3.8) is 0 Å². The van der Waals surface area contributed by atoms with Gasteiger partial charge in [-0.3, -0.25) is 10.1 Å². The number of nitriles is 1. The number of anilines is 1. The van der Waals surface area contributed by atoms with Crippen molar-refractivity contribution in [1.29, 1.82) is 5.26 Å². The summed E-state index contributed by atoms with van der Waals surface area (Å²) in [6.45, 7) is 4.07. The maximum absolute atomic E-state index is 11.0. The molecule has 1 aromatic carbocycles. The molecule has 100 valence electrons. The van der Waals surface area contributed by atoms with Crippen LogP contribution in [0.4, 0.5) is 11.4 Å². The monoisotopic (exact) mass is 259 g/mol. The van der Waals surface area contributed by atoms with Gasteiger partial charge in [-0.25, -0.2) is 0 Å². The quantitative estimate of drug-likeness (QED) is 0.615. The highest BCUT2D eigenvalue weighted by Gasteiger charge is 2.24. The Bertz CT molecular complexity index is 522. The highest BCUT2D eigenvalue weighted by atomic mass is 16.6. The van der Waals surface area contributed by atoms with Gasteiger partial charge in [0.25, 0.3) is 5.69 Å². The lowest BCUT2D eigenvalue weighted by atomic mass is 10.0. The van der Waals surface area contributed by atoms with Gasteiger partial charge in [0.1, 0.15) is 11.6 Å². The molecule has 5 heteroatoms. The first-order valence-electron chi connectivity index (χ1n) is 6.59. The van der Waals surface area contributed by atoms with E-state index in [9.17, 15) is 10.1 Å². The van der Waals surface area contributed by atoms with Crippen LogP contribution in [-0.2, 0) is 0 Å². The molecule has 0 aromatic heterocycles. The molecule has 0 spiro atoms. The Balaban J connectivity index is 2.20. The molecule has 1 atom stereocenters. The Labute approximate surface area is 112 Å². The summed E-state index contributed by atoms with van der Waals surface area (Å²) in [4.78, 5) is 12.6. The first kappa shape index (κ1) is 13.3. The summed E-state index contributed by atoms with van der Waals surface area (Å²) < 4.78 is 0. The Hall–Kier alpha value is -2.09. The van der Waals surface area contributed by atoms with Gasteiger partial charge in [0.05, 0.1) is 4.92 Å². The van der Waals surface area contributed by atoms with Gasteiger partial charge in [0, 0.05) is 24.8 Å². The van der Waals surface area contributed by atoms with Gasteiger partial charge in [-0.2, -0.15) is 5.26 Å². The molecule has 1 unspecified atom stereocenters. The third-order valence-corrected chi connectivity index (χ3v) is 3.65. The number of nitrogens with zero attached hydrogens (tertiary/aromatic N) is 3. The Morgan fingerprint density at radius 3 is 3.00 bits per heavy atom. The van der Waals surface area contributed by atoms with Gasteiger partial charge < -0.3 is 4.90 Å². The fraction of sp³-hybridized carbons (Fsp3) is 0.500. The van der Waals surface area contributed by atoms with E-state index in [-0.39, 0.29) is 11.3 Å². The molecule has 0 radical (unpaired) electrons. The predicted molar refractivity (Wildman–Crippen MR) is 73.0 cm³/mol. The fourth-order valence-electron chi connectivity index (χ4n) is 2.67. The largest absolute Gasteiger partial charge is 0.371 e. The van der Waals surface area contributed by atoms with Gasteiger partial charge >= 0.3 is 0 Å². The summed E-state index contributed by atoms with van der Waals surface area (Å²) in [5, 5.41) is 19.8. The Morgan fingerprint density at radius 1 is 1.58 bits per heavy atom. The molecule has 1 aromatic rings. The second-order valence-electron chi connectivity index (χ2n) is 4.96. The van der Waals surface area contributed by atoms with Crippen LogP contribution in [0, 0.1) is 27.4 Å². The molecule has 0 aliphatic carbocycles. The molecule has 1 fully saturated rings. The van der Waals surface area contributed by atoms with Crippen molar-refractivity contribution in [1.82, 2.24) is 0 Å². The van der Waals surface area contributed by atoms with E-state index in [2.05, 4.69) is 11.8 Å². The van der Waals surface area contributed by atoms with E-state index in [1.54, 1.807) is 12.1 Å². The smallest absolute Gasteiger partial charge is 0.289 e. The summed E-state index contributed by atoms with van der Waals surface area (Å²) in [5.41, 5.74) is 0.876. The van der Waals surface area contributed by atoms with E-state index in [1.807, 2.05) is 6.07 Å². The lowest BCUT2D eigenvalue weighted by molar-refractivity contribution is -0.385. The van der Waals surface area contributed by atoms with E-state index < -0.39 is 4.92 Å². The van der Waals surface area contributed by atoms with Crippen molar-refractivity contribution in [2.24, 2.45) is 5.92 Å². The van der Waals surface area contributed by atoms with Gasteiger partial charge in [-0.1, -0.05) is 13.3 Å². The van der Waals surface area contributed by atoms with E-state index >= 15 is 0 Å². The molecule has 19 heavy (non-hydrogen) atoms. The molecule has 1 aliphatic rings. The summed E-state index contributed by atoms with van der Waals surface area (Å²) in [6, 6.07) is 6.73. The predicted octanol–water partition coefficient (Wildman–Crippen LogP) is 3.09. The molecular formula is C14H17N3O2. The molecule has 0 N–H and O–H groups in total. The number of rotatable bonds is 4. The average Bonchev–Trinajstić information content (AvgIpc) is 2.87. The van der Waals surface area contributed by atoms with Gasteiger partial charge in [0.15, 0.2) is 0 Å². The maximum Gasteiger partial charge on any atom is 0.289 e. The van der Waals surface area contributed by atoms with Crippen LogP contribution in [0.2, 0.25) is 0 Å². The minimum atomic E-state index is -0.484. The van der Waals surface area contributed by atoms with E-state index in [0.717, 1.165) is 25.2 Å². The zero-order chi connectivity index (χ0) is 13.8. The van der Waals surface area contributed by atoms with Crippen molar-refractivity contribution >= 4 is 11.4 Å². The fourth-order valence-corrected chi connectivity index (χ4v) is 2.67. The number of benzene rings is 1. The standard InChI is InChI=1S/C14H17N3O2/c1-2-3-11-6-7-16(10-11)13-5-4-12(9-15)14(8-13)17(18)19/h4-5,8,11H,2-3,6-7,10H2,1H3. The van der Waals surface area contributed by atoms with Crippen molar-refractivity contribution < 1.29 is 4.92 Å². The molecule has 1 aliphatic heterocycles. The number of nitro benzene ring substituents is 1. The van der Waals surface area contributed by atoms with E-state index in [0.29, 0.717) is 5.92 Å². The van der Waals surface area contributed by atoms with Crippen molar-refractivity contribution in [3.8, 4) is 6.07 Å². The third kappa shape index (κ3) is 2.84. The molecule has 1 saturated heterocycles. The Kier molecular flexibility index (Phi) is 4.00. The highest BCUT2D eigenvalue weighted by Crippen LogP contribution is 2.30. The van der Waals surface area contributed by atoms with Crippen molar-refractivity contribution in [2.75, 3.05) is 18.0 Å². The average molecular weight is 259 g/mol.